The third-order valence-corrected chi connectivity index (χ3v) is 4.71. The maximum Gasteiger partial charge on any atom is 0.261 e. The Kier molecular flexibility index (Phi) is 8.19. The standard InChI is InChI=1S/C23H29FN2O3/c1-5-12-25-23(28)18(4)26(14-19-8-6-7-9-20(19)24)22(27)15-29-21-13-16(2)10-11-17(21)3/h6-11,13,18H,5,12,14-15H2,1-4H3,(H,25,28). The van der Waals surface area contributed by atoms with Crippen LogP contribution < -0.4 is 10.1 Å². The van der Waals surface area contributed by atoms with E-state index < -0.39 is 11.9 Å². The Balaban J connectivity index is 2.18. The molecular weight excluding hydrogens is 371 g/mol. The zero-order valence-corrected chi connectivity index (χ0v) is 17.5. The van der Waals surface area contributed by atoms with Crippen LogP contribution >= 0.6 is 0 Å². The molecule has 29 heavy (non-hydrogen) atoms. The molecule has 0 spiro atoms. The second kappa shape index (κ2) is 10.6. The van der Waals surface area contributed by atoms with Gasteiger partial charge in [-0.3, -0.25) is 9.59 Å². The fourth-order valence-corrected chi connectivity index (χ4v) is 2.87. The molecule has 0 aromatic heterocycles. The van der Waals surface area contributed by atoms with E-state index in [0.29, 0.717) is 17.9 Å². The summed E-state index contributed by atoms with van der Waals surface area (Å²) in [7, 11) is 0. The Morgan fingerprint density at radius 1 is 1.17 bits per heavy atom. The topological polar surface area (TPSA) is 58.6 Å². The van der Waals surface area contributed by atoms with Crippen LogP contribution in [0, 0.1) is 19.7 Å². The summed E-state index contributed by atoms with van der Waals surface area (Å²) in [5.74, 6) is -0.453. The van der Waals surface area contributed by atoms with Gasteiger partial charge in [0.05, 0.1) is 0 Å². The predicted octanol–water partition coefficient (Wildman–Crippen LogP) is 3.76. The molecule has 1 N–H and O–H groups in total. The molecule has 156 valence electrons. The molecule has 1 atom stereocenters. The number of carbonyl (C=O) groups excluding carboxylic acids is 2. The second-order valence-corrected chi connectivity index (χ2v) is 7.14. The Bertz CT molecular complexity index is 854. The highest BCUT2D eigenvalue weighted by Gasteiger charge is 2.27. The molecule has 0 saturated heterocycles. The van der Waals surface area contributed by atoms with Gasteiger partial charge < -0.3 is 15.0 Å². The summed E-state index contributed by atoms with van der Waals surface area (Å²) in [5, 5.41) is 2.79. The molecule has 2 rings (SSSR count). The van der Waals surface area contributed by atoms with Crippen LogP contribution in [-0.4, -0.2) is 35.9 Å². The van der Waals surface area contributed by atoms with Gasteiger partial charge in [-0.15, -0.1) is 0 Å². The molecule has 0 aliphatic carbocycles. The van der Waals surface area contributed by atoms with Gasteiger partial charge in [0.25, 0.3) is 5.91 Å². The van der Waals surface area contributed by atoms with Gasteiger partial charge in [-0.2, -0.15) is 0 Å². The van der Waals surface area contributed by atoms with Crippen molar-refractivity contribution in [2.75, 3.05) is 13.2 Å². The van der Waals surface area contributed by atoms with Gasteiger partial charge in [0, 0.05) is 18.7 Å². The van der Waals surface area contributed by atoms with E-state index in [4.69, 9.17) is 4.74 Å². The largest absolute Gasteiger partial charge is 0.483 e. The summed E-state index contributed by atoms with van der Waals surface area (Å²) in [4.78, 5) is 26.8. The maximum absolute atomic E-state index is 14.2. The SMILES string of the molecule is CCCNC(=O)C(C)N(Cc1ccccc1F)C(=O)COc1cc(C)ccc1C. The van der Waals surface area contributed by atoms with Crippen molar-refractivity contribution >= 4 is 11.8 Å². The van der Waals surface area contributed by atoms with Gasteiger partial charge in [0.2, 0.25) is 5.91 Å². The number of nitrogens with one attached hydrogen (secondary N) is 1. The Morgan fingerprint density at radius 2 is 1.90 bits per heavy atom. The number of amides is 2. The summed E-state index contributed by atoms with van der Waals surface area (Å²) in [6.07, 6.45) is 0.787. The molecule has 2 amide bonds. The molecule has 1 unspecified atom stereocenters. The van der Waals surface area contributed by atoms with Crippen molar-refractivity contribution in [2.24, 2.45) is 0 Å². The van der Waals surface area contributed by atoms with Crippen LogP contribution in [0.15, 0.2) is 42.5 Å². The van der Waals surface area contributed by atoms with Crippen LogP contribution in [0.1, 0.15) is 37.0 Å². The van der Waals surface area contributed by atoms with Gasteiger partial charge in [-0.1, -0.05) is 37.3 Å². The van der Waals surface area contributed by atoms with Gasteiger partial charge in [0.1, 0.15) is 17.6 Å². The lowest BCUT2D eigenvalue weighted by atomic mass is 10.1. The molecule has 0 aliphatic rings. The van der Waals surface area contributed by atoms with Gasteiger partial charge in [-0.25, -0.2) is 4.39 Å². The van der Waals surface area contributed by atoms with Crippen LogP contribution in [0.2, 0.25) is 0 Å². The summed E-state index contributed by atoms with van der Waals surface area (Å²) >= 11 is 0. The van der Waals surface area contributed by atoms with E-state index in [2.05, 4.69) is 5.32 Å². The van der Waals surface area contributed by atoms with E-state index in [1.165, 1.54) is 11.0 Å². The van der Waals surface area contributed by atoms with Gasteiger partial charge >= 0.3 is 0 Å². The molecule has 6 heteroatoms. The Morgan fingerprint density at radius 3 is 2.59 bits per heavy atom. The highest BCUT2D eigenvalue weighted by molar-refractivity contribution is 5.87. The smallest absolute Gasteiger partial charge is 0.261 e. The van der Waals surface area contributed by atoms with Crippen LogP contribution in [0.25, 0.3) is 0 Å². The Hall–Kier alpha value is -2.89. The monoisotopic (exact) mass is 400 g/mol. The number of aryl methyl sites for hydroxylation is 2. The third-order valence-electron chi connectivity index (χ3n) is 4.71. The third kappa shape index (κ3) is 6.31. The molecule has 0 saturated carbocycles. The van der Waals surface area contributed by atoms with E-state index in [1.54, 1.807) is 25.1 Å². The normalized spacial score (nSPS) is 11.6. The first-order valence-corrected chi connectivity index (χ1v) is 9.84. The number of rotatable bonds is 9. The zero-order valence-electron chi connectivity index (χ0n) is 17.5. The van der Waals surface area contributed by atoms with Crippen molar-refractivity contribution in [2.45, 2.75) is 46.7 Å². The average molecular weight is 400 g/mol. The second-order valence-electron chi connectivity index (χ2n) is 7.14. The van der Waals surface area contributed by atoms with Crippen molar-refractivity contribution in [3.05, 3.63) is 65.0 Å². The van der Waals surface area contributed by atoms with E-state index in [9.17, 15) is 14.0 Å². The van der Waals surface area contributed by atoms with Crippen molar-refractivity contribution in [1.82, 2.24) is 10.2 Å². The lowest BCUT2D eigenvalue weighted by molar-refractivity contribution is -0.142. The number of nitrogens with zero attached hydrogens (tertiary/aromatic N) is 1. The lowest BCUT2D eigenvalue weighted by Gasteiger charge is -2.29. The lowest BCUT2D eigenvalue weighted by Crippen LogP contribution is -2.49. The quantitative estimate of drug-likeness (QED) is 0.697. The van der Waals surface area contributed by atoms with E-state index in [1.807, 2.05) is 39.0 Å². The molecule has 0 bridgehead atoms. The highest BCUT2D eigenvalue weighted by atomic mass is 19.1. The Labute approximate surface area is 171 Å². The first-order chi connectivity index (χ1) is 13.8. The first-order valence-electron chi connectivity index (χ1n) is 9.84. The maximum atomic E-state index is 14.2. The molecule has 5 nitrogen and oxygen atoms in total. The number of ether oxygens (including phenoxy) is 1. The van der Waals surface area contributed by atoms with Gasteiger partial charge in [-0.05, 0) is 50.5 Å². The van der Waals surface area contributed by atoms with Gasteiger partial charge in [0.15, 0.2) is 6.61 Å². The summed E-state index contributed by atoms with van der Waals surface area (Å²) in [6, 6.07) is 11.2. The molecular formula is C23H29FN2O3. The minimum Gasteiger partial charge on any atom is -0.483 e. The fraction of sp³-hybridized carbons (Fsp3) is 0.391. The summed E-state index contributed by atoms with van der Waals surface area (Å²) in [6.45, 7) is 7.71. The summed E-state index contributed by atoms with van der Waals surface area (Å²) < 4.78 is 19.9. The molecule has 2 aromatic rings. The molecule has 0 heterocycles. The number of hydrogen-bond donors (Lipinski definition) is 1. The zero-order chi connectivity index (χ0) is 21.4. The number of halogens is 1. The number of hydrogen-bond acceptors (Lipinski definition) is 3. The first kappa shape index (κ1) is 22.4. The summed E-state index contributed by atoms with van der Waals surface area (Å²) in [5.41, 5.74) is 2.29. The van der Waals surface area contributed by atoms with Crippen LogP contribution in [0.4, 0.5) is 4.39 Å². The van der Waals surface area contributed by atoms with E-state index in [0.717, 1.165) is 17.5 Å². The molecule has 0 fully saturated rings. The number of carbonyl (C=O) groups is 2. The van der Waals surface area contributed by atoms with Crippen molar-refractivity contribution in [1.29, 1.82) is 0 Å². The average Bonchev–Trinajstić information content (AvgIpc) is 2.71. The van der Waals surface area contributed by atoms with Crippen molar-refractivity contribution in [3.8, 4) is 5.75 Å². The van der Waals surface area contributed by atoms with Crippen molar-refractivity contribution < 1.29 is 18.7 Å². The van der Waals surface area contributed by atoms with E-state index >= 15 is 0 Å². The fourth-order valence-electron chi connectivity index (χ4n) is 2.87. The minimum absolute atomic E-state index is 0.0115. The molecule has 2 aromatic carbocycles. The predicted molar refractivity (Wildman–Crippen MR) is 111 cm³/mol. The van der Waals surface area contributed by atoms with Crippen molar-refractivity contribution in [3.63, 3.8) is 0 Å². The van der Waals surface area contributed by atoms with E-state index in [-0.39, 0.29) is 25.0 Å². The number of benzene rings is 2. The molecule has 0 radical (unpaired) electrons. The van der Waals surface area contributed by atoms with Crippen LogP contribution in [-0.2, 0) is 16.1 Å². The highest BCUT2D eigenvalue weighted by Crippen LogP contribution is 2.20. The minimum atomic E-state index is -0.754. The van der Waals surface area contributed by atoms with Crippen LogP contribution in [0.3, 0.4) is 0 Å². The molecule has 0 aliphatic heterocycles. The van der Waals surface area contributed by atoms with Crippen LogP contribution in [0.5, 0.6) is 5.75 Å².